The van der Waals surface area contributed by atoms with Gasteiger partial charge in [0, 0.05) is 30.2 Å². The van der Waals surface area contributed by atoms with Crippen LogP contribution in [-0.4, -0.2) is 83.8 Å². The Balaban J connectivity index is 1.77. The predicted octanol–water partition coefficient (Wildman–Crippen LogP) is 1.91. The topological polar surface area (TPSA) is 106 Å². The molecule has 3 heterocycles. The molecule has 1 unspecified atom stereocenters. The maximum absolute atomic E-state index is 14.2. The maximum Gasteiger partial charge on any atom is 0.312 e. The van der Waals surface area contributed by atoms with Gasteiger partial charge < -0.3 is 29.1 Å². The summed E-state index contributed by atoms with van der Waals surface area (Å²) >= 11 is 3.63. The highest BCUT2D eigenvalue weighted by Crippen LogP contribution is 2.60. The molecule has 3 fully saturated rings. The predicted molar refractivity (Wildman–Crippen MR) is 131 cm³/mol. The molecule has 3 aliphatic heterocycles. The van der Waals surface area contributed by atoms with E-state index < -0.39 is 35.6 Å². The van der Waals surface area contributed by atoms with E-state index in [0.29, 0.717) is 24.3 Å². The summed E-state index contributed by atoms with van der Waals surface area (Å²) in [6.45, 7) is 5.95. The number of carbonyl (C=O) groups is 3. The number of benzene rings is 1. The minimum absolute atomic E-state index is 0.136. The van der Waals surface area contributed by atoms with Gasteiger partial charge in [-0.1, -0.05) is 22.0 Å². The van der Waals surface area contributed by atoms with Crippen molar-refractivity contribution in [3.63, 3.8) is 0 Å². The number of amides is 2. The summed E-state index contributed by atoms with van der Waals surface area (Å²) in [6, 6.07) is 6.09. The Kier molecular flexibility index (Phi) is 7.54. The Morgan fingerprint density at radius 3 is 2.69 bits per heavy atom. The van der Waals surface area contributed by atoms with Gasteiger partial charge in [-0.25, -0.2) is 0 Å². The first kappa shape index (κ1) is 25.7. The highest BCUT2D eigenvalue weighted by Gasteiger charge is 2.77. The normalized spacial score (nSPS) is 30.8. The molecule has 10 heteroatoms. The lowest BCUT2D eigenvalue weighted by molar-refractivity contribution is -0.154. The molecule has 1 aromatic carbocycles. The fourth-order valence-electron chi connectivity index (χ4n) is 5.76. The third kappa shape index (κ3) is 4.15. The van der Waals surface area contributed by atoms with E-state index in [9.17, 15) is 19.5 Å². The van der Waals surface area contributed by atoms with Gasteiger partial charge in [0.25, 0.3) is 5.91 Å². The van der Waals surface area contributed by atoms with Gasteiger partial charge in [-0.15, -0.1) is 6.58 Å². The van der Waals surface area contributed by atoms with Crippen LogP contribution in [0.3, 0.4) is 0 Å². The van der Waals surface area contributed by atoms with Crippen molar-refractivity contribution in [1.29, 1.82) is 0 Å². The fraction of sp³-hybridized carbons (Fsp3) is 0.560. The number of halogens is 1. The zero-order valence-corrected chi connectivity index (χ0v) is 21.5. The van der Waals surface area contributed by atoms with Gasteiger partial charge in [-0.3, -0.25) is 14.4 Å². The van der Waals surface area contributed by atoms with Crippen LogP contribution in [0.5, 0.6) is 5.75 Å². The molecule has 0 saturated carbocycles. The second kappa shape index (κ2) is 10.3. The molecule has 1 spiro atoms. The molecule has 1 aromatic rings. The number of carbonyl (C=O) groups excluding carboxylic acids is 3. The molecule has 3 aliphatic rings. The molecule has 9 nitrogen and oxygen atoms in total. The van der Waals surface area contributed by atoms with Gasteiger partial charge in [-0.2, -0.15) is 0 Å². The molecule has 6 atom stereocenters. The molecule has 0 aliphatic carbocycles. The summed E-state index contributed by atoms with van der Waals surface area (Å²) in [5, 5.41) is 9.47. The zero-order chi connectivity index (χ0) is 25.3. The van der Waals surface area contributed by atoms with E-state index in [4.69, 9.17) is 14.2 Å². The van der Waals surface area contributed by atoms with Crippen LogP contribution in [0.15, 0.2) is 36.9 Å². The lowest BCUT2D eigenvalue weighted by atomic mass is 9.70. The van der Waals surface area contributed by atoms with Crippen molar-refractivity contribution in [3.8, 4) is 5.75 Å². The number of alkyl halides is 1. The number of aliphatic hydroxyl groups is 1. The maximum atomic E-state index is 14.2. The smallest absolute Gasteiger partial charge is 0.312 e. The van der Waals surface area contributed by atoms with E-state index in [-0.39, 0.29) is 42.9 Å². The van der Waals surface area contributed by atoms with Crippen LogP contribution in [-0.2, 0) is 23.9 Å². The van der Waals surface area contributed by atoms with E-state index in [1.165, 1.54) is 4.90 Å². The van der Waals surface area contributed by atoms with Crippen molar-refractivity contribution < 1.29 is 33.7 Å². The van der Waals surface area contributed by atoms with Crippen molar-refractivity contribution in [2.75, 3.05) is 38.3 Å². The first-order valence-electron chi connectivity index (χ1n) is 11.8. The number of likely N-dealkylation sites (tertiary alicyclic amines) is 1. The number of aliphatic hydroxyl groups excluding tert-OH is 1. The quantitative estimate of drug-likeness (QED) is 0.269. The first-order valence-corrected chi connectivity index (χ1v) is 12.7. The highest BCUT2D eigenvalue weighted by molar-refractivity contribution is 9.09. The number of rotatable bonds is 10. The van der Waals surface area contributed by atoms with Crippen LogP contribution in [0, 0.1) is 11.8 Å². The molecule has 190 valence electrons. The number of methoxy groups -OCH3 is 1. The number of hydrogen-bond donors (Lipinski definition) is 1. The molecule has 2 amide bonds. The van der Waals surface area contributed by atoms with Crippen LogP contribution in [0.1, 0.15) is 19.8 Å². The Morgan fingerprint density at radius 2 is 2.09 bits per heavy atom. The Hall–Kier alpha value is -2.43. The Labute approximate surface area is 213 Å². The molecule has 3 saturated heterocycles. The molecule has 0 aromatic heterocycles. The van der Waals surface area contributed by atoms with Gasteiger partial charge in [0.05, 0.1) is 31.7 Å². The van der Waals surface area contributed by atoms with E-state index in [0.717, 1.165) is 0 Å². The molecule has 1 N–H and O–H groups in total. The largest absolute Gasteiger partial charge is 0.497 e. The Bertz CT molecular complexity index is 987. The minimum Gasteiger partial charge on any atom is -0.497 e. The monoisotopic (exact) mass is 550 g/mol. The van der Waals surface area contributed by atoms with E-state index in [2.05, 4.69) is 22.5 Å². The van der Waals surface area contributed by atoms with Crippen LogP contribution < -0.4 is 9.64 Å². The van der Waals surface area contributed by atoms with E-state index >= 15 is 0 Å². The number of anilines is 1. The number of ether oxygens (including phenoxy) is 3. The standard InChI is InChI=1S/C25H31BrN2O7/c1-4-11-27(15-7-9-16(33-3)10-8-15)23(31)21-25-14-17(26)20(35-25)18(24(32)34-5-2)19(25)22(30)28(21)12-6-13-29/h4,7-10,17-21,29H,1,5-6,11-14H2,2-3H3/t17?,18-,19+,20-,21-,25+/m1/s1. The first-order chi connectivity index (χ1) is 16.8. The number of nitrogens with zero attached hydrogens (tertiary/aromatic N) is 2. The fourth-order valence-corrected chi connectivity index (χ4v) is 6.70. The summed E-state index contributed by atoms with van der Waals surface area (Å²) in [6.07, 6.45) is 1.76. The summed E-state index contributed by atoms with van der Waals surface area (Å²) in [5.74, 6) is -2.11. The molecule has 0 radical (unpaired) electrons. The zero-order valence-electron chi connectivity index (χ0n) is 19.9. The lowest BCUT2D eigenvalue weighted by Gasteiger charge is -2.37. The van der Waals surface area contributed by atoms with Crippen LogP contribution in [0.25, 0.3) is 0 Å². The van der Waals surface area contributed by atoms with E-state index in [1.54, 1.807) is 49.3 Å². The van der Waals surface area contributed by atoms with Gasteiger partial charge in [0.15, 0.2) is 0 Å². The van der Waals surface area contributed by atoms with Gasteiger partial charge in [0.1, 0.15) is 17.4 Å². The minimum atomic E-state index is -1.17. The van der Waals surface area contributed by atoms with Gasteiger partial charge in [-0.05, 0) is 44.0 Å². The van der Waals surface area contributed by atoms with E-state index in [1.807, 2.05) is 0 Å². The highest BCUT2D eigenvalue weighted by atomic mass is 79.9. The third-order valence-corrected chi connectivity index (χ3v) is 7.95. The van der Waals surface area contributed by atoms with Crippen molar-refractivity contribution >= 4 is 39.4 Å². The van der Waals surface area contributed by atoms with Crippen LogP contribution in [0.4, 0.5) is 5.69 Å². The number of fused-ring (bicyclic) bond motifs is 1. The van der Waals surface area contributed by atoms with Gasteiger partial charge in [0.2, 0.25) is 5.91 Å². The average molecular weight is 551 g/mol. The van der Waals surface area contributed by atoms with Crippen LogP contribution in [0.2, 0.25) is 0 Å². The molecule has 2 bridgehead atoms. The Morgan fingerprint density at radius 1 is 1.37 bits per heavy atom. The molecular formula is C25H31BrN2O7. The second-order valence-corrected chi connectivity index (χ2v) is 10.1. The third-order valence-electron chi connectivity index (χ3n) is 7.10. The van der Waals surface area contributed by atoms with Crippen molar-refractivity contribution in [1.82, 2.24) is 4.90 Å². The summed E-state index contributed by atoms with van der Waals surface area (Å²) in [7, 11) is 1.56. The van der Waals surface area contributed by atoms with Crippen molar-refractivity contribution in [2.45, 2.75) is 42.3 Å². The number of hydrogen-bond acceptors (Lipinski definition) is 7. The molecular weight excluding hydrogens is 520 g/mol. The summed E-state index contributed by atoms with van der Waals surface area (Å²) in [4.78, 5) is 43.7. The molecule has 35 heavy (non-hydrogen) atoms. The summed E-state index contributed by atoms with van der Waals surface area (Å²) < 4.78 is 17.0. The van der Waals surface area contributed by atoms with Crippen LogP contribution >= 0.6 is 15.9 Å². The van der Waals surface area contributed by atoms with Gasteiger partial charge >= 0.3 is 5.97 Å². The molecule has 4 rings (SSSR count). The average Bonchev–Trinajstić information content (AvgIpc) is 3.44. The summed E-state index contributed by atoms with van der Waals surface area (Å²) in [5.41, 5.74) is -0.554. The van der Waals surface area contributed by atoms with Crippen molar-refractivity contribution in [3.05, 3.63) is 36.9 Å². The number of esters is 1. The second-order valence-electron chi connectivity index (χ2n) is 8.96. The van der Waals surface area contributed by atoms with Crippen molar-refractivity contribution in [2.24, 2.45) is 11.8 Å². The lowest BCUT2D eigenvalue weighted by Crippen LogP contribution is -2.57. The SMILES string of the molecule is C=CCN(C(=O)[C@H]1N(CCCO)C(=O)[C@@H]2[C@@H](C(=O)OCC)[C@@H]3O[C@@]21CC3Br)c1ccc(OC)cc1.